The summed E-state index contributed by atoms with van der Waals surface area (Å²) >= 11 is 0. The molecular weight excluding hydrogens is 542 g/mol. The zero-order valence-corrected chi connectivity index (χ0v) is 29.8. The van der Waals surface area contributed by atoms with Crippen molar-refractivity contribution in [3.8, 4) is 11.9 Å². The zero-order valence-electron chi connectivity index (χ0n) is 25.8. The van der Waals surface area contributed by atoms with Crippen LogP contribution in [0.3, 0.4) is 0 Å². The van der Waals surface area contributed by atoms with Crippen molar-refractivity contribution in [3.05, 3.63) is 67.3 Å². The Morgan fingerprint density at radius 1 is 1.15 bits per heavy atom. The number of hydrogen-bond acceptors (Lipinski definition) is 5. The largest absolute Gasteiger partial charge is 1.00 e. The second-order valence-corrected chi connectivity index (χ2v) is 11.5. The van der Waals surface area contributed by atoms with Gasteiger partial charge in [-0.15, -0.1) is 25.9 Å². The van der Waals surface area contributed by atoms with Crippen LogP contribution < -0.4 is 60.9 Å². The molecule has 5 nitrogen and oxygen atoms in total. The van der Waals surface area contributed by atoms with Gasteiger partial charge in [-0.3, -0.25) is 9.98 Å². The van der Waals surface area contributed by atoms with E-state index in [1.54, 1.807) is 30.5 Å². The number of aliphatic imine (C=N–C) groups is 1. The predicted octanol–water partition coefficient (Wildman–Crippen LogP) is 5.16. The van der Waals surface area contributed by atoms with E-state index in [9.17, 15) is 8.78 Å². The van der Waals surface area contributed by atoms with Crippen molar-refractivity contribution >= 4 is 19.2 Å². The van der Waals surface area contributed by atoms with Crippen LogP contribution >= 0.6 is 8.20 Å². The molecule has 0 saturated carbocycles. The number of hydrogen-bond donors (Lipinski definition) is 0. The van der Waals surface area contributed by atoms with E-state index in [0.29, 0.717) is 17.2 Å². The molecule has 39 heavy (non-hydrogen) atoms. The van der Waals surface area contributed by atoms with Crippen molar-refractivity contribution in [2.75, 3.05) is 13.7 Å². The minimum Gasteiger partial charge on any atom is -0.514 e. The average molecular weight is 587 g/mol. The summed E-state index contributed by atoms with van der Waals surface area (Å²) in [6, 6.07) is 0.206. The minimum absolute atomic E-state index is 0. The molecule has 1 unspecified atom stereocenters. The molecular formula is C30H44F2KN3O2P-. The molecule has 0 saturated heterocycles. The molecule has 0 radical (unpaired) electrons. The molecule has 0 bridgehead atoms. The zero-order chi connectivity index (χ0) is 28.4. The van der Waals surface area contributed by atoms with Gasteiger partial charge in [-0.05, 0) is 66.9 Å². The van der Waals surface area contributed by atoms with Gasteiger partial charge in [0.2, 0.25) is 6.43 Å². The van der Waals surface area contributed by atoms with E-state index in [0.717, 1.165) is 24.6 Å². The first-order chi connectivity index (χ1) is 17.1. The van der Waals surface area contributed by atoms with Gasteiger partial charge >= 0.3 is 57.4 Å². The SMILES string of the molecule is C=C/C=C\C(=NC)C(CC(=PC)C(C=[C-]c1cnc(OC(C)(C)C)nc1OC(C)(C)C)=C(C)C)C(F)F.[CH3-].[K+]. The maximum atomic E-state index is 14.1. The van der Waals surface area contributed by atoms with Crippen molar-refractivity contribution in [2.24, 2.45) is 10.9 Å². The fourth-order valence-corrected chi connectivity index (χ4v) is 4.10. The van der Waals surface area contributed by atoms with Gasteiger partial charge in [0.05, 0.1) is 11.5 Å². The Morgan fingerprint density at radius 3 is 2.18 bits per heavy atom. The third-order valence-corrected chi connectivity index (χ3v) is 5.75. The van der Waals surface area contributed by atoms with Crippen molar-refractivity contribution in [1.29, 1.82) is 0 Å². The van der Waals surface area contributed by atoms with Crippen molar-refractivity contribution < 1.29 is 69.6 Å². The Hall–Kier alpha value is -1.02. The molecule has 0 aliphatic carbocycles. The molecule has 1 rings (SSSR count). The topological polar surface area (TPSA) is 56.6 Å². The third kappa shape index (κ3) is 15.0. The van der Waals surface area contributed by atoms with Crippen molar-refractivity contribution in [3.63, 3.8) is 0 Å². The third-order valence-electron chi connectivity index (χ3n) is 4.78. The van der Waals surface area contributed by atoms with Crippen LogP contribution in [0.5, 0.6) is 11.9 Å². The molecule has 1 aromatic heterocycles. The molecule has 9 heteroatoms. The maximum Gasteiger partial charge on any atom is 1.00 e. The molecule has 1 aromatic rings. The van der Waals surface area contributed by atoms with Gasteiger partial charge in [0.15, 0.2) is 0 Å². The Labute approximate surface area is 279 Å². The average Bonchev–Trinajstić information content (AvgIpc) is 2.76. The second kappa shape index (κ2) is 18.4. The summed E-state index contributed by atoms with van der Waals surface area (Å²) in [5.74, 6) is -0.703. The first-order valence-electron chi connectivity index (χ1n) is 12.1. The van der Waals surface area contributed by atoms with Gasteiger partial charge in [-0.2, -0.15) is 0 Å². The molecule has 212 valence electrons. The number of halogens is 2. The van der Waals surface area contributed by atoms with E-state index in [1.165, 1.54) is 7.05 Å². The van der Waals surface area contributed by atoms with Crippen LogP contribution in [0.1, 0.15) is 67.4 Å². The molecule has 1 atom stereocenters. The van der Waals surface area contributed by atoms with E-state index in [1.807, 2.05) is 62.1 Å². The summed E-state index contributed by atoms with van der Waals surface area (Å²) in [5, 5.41) is 0.859. The number of alkyl halides is 2. The fraction of sp³-hybridized carbons (Fsp3) is 0.500. The maximum absolute atomic E-state index is 14.1. The quantitative estimate of drug-likeness (QED) is 0.118. The van der Waals surface area contributed by atoms with Gasteiger partial charge in [0, 0.05) is 12.8 Å². The molecule has 1 heterocycles. The molecule has 0 amide bonds. The van der Waals surface area contributed by atoms with Crippen LogP contribution in [-0.4, -0.2) is 52.3 Å². The van der Waals surface area contributed by atoms with Gasteiger partial charge in [-0.1, -0.05) is 49.0 Å². The van der Waals surface area contributed by atoms with Crippen LogP contribution in [0, 0.1) is 19.4 Å². The molecule has 0 aliphatic rings. The van der Waals surface area contributed by atoms with E-state index in [-0.39, 0.29) is 71.2 Å². The van der Waals surface area contributed by atoms with Crippen LogP contribution in [0.2, 0.25) is 0 Å². The van der Waals surface area contributed by atoms with Gasteiger partial charge in [0.25, 0.3) is 0 Å². The number of ether oxygens (including phenoxy) is 2. The first kappa shape index (κ1) is 40.1. The molecule has 0 aliphatic heterocycles. The Kier molecular flexibility index (Phi) is 18.9. The number of aromatic nitrogens is 2. The fourth-order valence-electron chi connectivity index (χ4n) is 3.19. The molecule has 0 N–H and O–H groups in total. The molecule has 0 aromatic carbocycles. The van der Waals surface area contributed by atoms with E-state index in [2.05, 4.69) is 27.6 Å². The summed E-state index contributed by atoms with van der Waals surface area (Å²) < 4.78 is 40.1. The van der Waals surface area contributed by atoms with E-state index in [4.69, 9.17) is 9.47 Å². The second-order valence-electron chi connectivity index (χ2n) is 10.6. The number of nitrogens with zero attached hydrogens (tertiary/aromatic N) is 3. The molecule has 0 fully saturated rings. The summed E-state index contributed by atoms with van der Waals surface area (Å²) in [5.41, 5.74) is 1.71. The van der Waals surface area contributed by atoms with Gasteiger partial charge < -0.3 is 16.9 Å². The first-order valence-corrected chi connectivity index (χ1v) is 13.5. The van der Waals surface area contributed by atoms with Crippen LogP contribution in [0.4, 0.5) is 8.78 Å². The summed E-state index contributed by atoms with van der Waals surface area (Å²) in [6.45, 7) is 21.0. The minimum atomic E-state index is -2.56. The molecule has 0 spiro atoms. The van der Waals surface area contributed by atoms with E-state index >= 15 is 0 Å². The monoisotopic (exact) mass is 586 g/mol. The van der Waals surface area contributed by atoms with Crippen molar-refractivity contribution in [1.82, 2.24) is 9.97 Å². The number of allylic oxidation sites excluding steroid dienone is 6. The Bertz CT molecular complexity index is 1080. The summed E-state index contributed by atoms with van der Waals surface area (Å²) in [6.07, 6.45) is 8.99. The van der Waals surface area contributed by atoms with Gasteiger partial charge in [0.1, 0.15) is 11.5 Å². The Morgan fingerprint density at radius 2 is 1.74 bits per heavy atom. The van der Waals surface area contributed by atoms with E-state index < -0.39 is 23.5 Å². The normalized spacial score (nSPS) is 13.7. The van der Waals surface area contributed by atoms with Gasteiger partial charge in [-0.25, -0.2) is 13.8 Å². The smallest absolute Gasteiger partial charge is 0.514 e. The number of rotatable bonds is 11. The van der Waals surface area contributed by atoms with Crippen molar-refractivity contribution in [2.45, 2.75) is 79.4 Å². The van der Waals surface area contributed by atoms with Crippen LogP contribution in [0.15, 0.2) is 53.2 Å². The summed E-state index contributed by atoms with van der Waals surface area (Å²) in [7, 11) is 2.41. The predicted molar refractivity (Wildman–Crippen MR) is 159 cm³/mol. The Balaban J connectivity index is 0. The van der Waals surface area contributed by atoms with Crippen LogP contribution in [0.25, 0.3) is 0 Å². The van der Waals surface area contributed by atoms with Crippen LogP contribution in [-0.2, 0) is 0 Å². The standard InChI is InChI=1S/C29H41F2N3O2P.CH3.K/c1-12-13-14-23(32-10)22(25(30)31)17-24(37-11)21(19(2)3)16-15-20-18-33-27(36-29(7,8)9)34-26(20)35-28(4,5)6;;/h12-14,16,18,22,25H,1,17H2,2-11H3;1H3;/q2*-1;+1/b14-13-,32-23?;;. The summed E-state index contributed by atoms with van der Waals surface area (Å²) in [4.78, 5) is 12.9.